The number of hydrogen-bond acceptors (Lipinski definition) is 3. The zero-order valence-corrected chi connectivity index (χ0v) is 16.1. The fraction of sp³-hybridized carbons (Fsp3) is 0.579. The number of amides is 2. The second-order valence-electron chi connectivity index (χ2n) is 7.62. The summed E-state index contributed by atoms with van der Waals surface area (Å²) < 4.78 is 5.37. The summed E-state index contributed by atoms with van der Waals surface area (Å²) in [5.74, 6) is -0.150. The topological polar surface area (TPSA) is 67.4 Å². The Hall–Kier alpha value is -1.75. The minimum Gasteiger partial charge on any atom is -0.442 e. The molecule has 2 N–H and O–H groups in total. The van der Waals surface area contributed by atoms with Crippen LogP contribution in [0.4, 0.5) is 4.79 Å². The van der Waals surface area contributed by atoms with Gasteiger partial charge in [-0.2, -0.15) is 0 Å². The van der Waals surface area contributed by atoms with Crippen molar-refractivity contribution in [3.63, 3.8) is 0 Å². The Bertz CT molecular complexity index is 634. The maximum Gasteiger partial charge on any atom is 0.408 e. The Morgan fingerprint density at radius 1 is 1.24 bits per heavy atom. The molecule has 6 heteroatoms. The molecule has 25 heavy (non-hydrogen) atoms. The van der Waals surface area contributed by atoms with Crippen molar-refractivity contribution in [2.24, 2.45) is 0 Å². The van der Waals surface area contributed by atoms with Gasteiger partial charge in [0.2, 0.25) is 0 Å². The fourth-order valence-electron chi connectivity index (χ4n) is 2.87. The van der Waals surface area contributed by atoms with E-state index >= 15 is 0 Å². The lowest BCUT2D eigenvalue weighted by Gasteiger charge is -2.22. The zero-order valence-electron chi connectivity index (χ0n) is 15.3. The Balaban J connectivity index is 2.00. The van der Waals surface area contributed by atoms with Gasteiger partial charge < -0.3 is 15.4 Å². The molecule has 2 amide bonds. The van der Waals surface area contributed by atoms with Crippen LogP contribution in [0.3, 0.4) is 0 Å². The Labute approximate surface area is 154 Å². The predicted molar refractivity (Wildman–Crippen MR) is 99.0 cm³/mol. The second kappa shape index (κ2) is 8.09. The van der Waals surface area contributed by atoms with Crippen LogP contribution in [-0.4, -0.2) is 23.6 Å². The molecule has 2 rings (SSSR count). The van der Waals surface area contributed by atoms with Crippen LogP contribution in [0.15, 0.2) is 18.2 Å². The molecule has 0 heterocycles. The van der Waals surface area contributed by atoms with E-state index in [1.54, 1.807) is 25.1 Å². The number of hydrogen-bond donors (Lipinski definition) is 2. The highest BCUT2D eigenvalue weighted by molar-refractivity contribution is 6.33. The number of alkyl carbamates (subject to hydrolysis) is 1. The Morgan fingerprint density at radius 2 is 1.88 bits per heavy atom. The van der Waals surface area contributed by atoms with Crippen molar-refractivity contribution in [1.29, 1.82) is 0 Å². The molecule has 0 saturated heterocycles. The van der Waals surface area contributed by atoms with E-state index in [1.165, 1.54) is 0 Å². The van der Waals surface area contributed by atoms with E-state index in [2.05, 4.69) is 10.6 Å². The molecule has 0 aliphatic heterocycles. The van der Waals surface area contributed by atoms with Crippen molar-refractivity contribution in [3.05, 3.63) is 34.3 Å². The van der Waals surface area contributed by atoms with Gasteiger partial charge in [-0.3, -0.25) is 4.79 Å². The Kier molecular flexibility index (Phi) is 6.33. The number of ether oxygens (including phenoxy) is 1. The van der Waals surface area contributed by atoms with Crippen LogP contribution >= 0.6 is 11.6 Å². The number of benzene rings is 1. The number of carbonyl (C=O) groups excluding carboxylic acids is 2. The lowest BCUT2D eigenvalue weighted by Crippen LogP contribution is -2.41. The average molecular weight is 367 g/mol. The number of nitrogens with one attached hydrogen (secondary N) is 2. The highest BCUT2D eigenvalue weighted by Gasteiger charge is 2.21. The van der Waals surface area contributed by atoms with Crippen LogP contribution in [0.2, 0.25) is 5.02 Å². The van der Waals surface area contributed by atoms with Crippen molar-refractivity contribution < 1.29 is 14.3 Å². The molecule has 0 bridgehead atoms. The van der Waals surface area contributed by atoms with Crippen molar-refractivity contribution in [1.82, 2.24) is 10.6 Å². The highest BCUT2D eigenvalue weighted by atomic mass is 35.5. The molecule has 1 aromatic carbocycles. The van der Waals surface area contributed by atoms with Crippen LogP contribution < -0.4 is 10.6 Å². The van der Waals surface area contributed by atoms with E-state index in [0.717, 1.165) is 31.2 Å². The molecular weight excluding hydrogens is 340 g/mol. The minimum absolute atomic E-state index is 0.150. The van der Waals surface area contributed by atoms with Crippen LogP contribution in [0.25, 0.3) is 0 Å². The Morgan fingerprint density at radius 3 is 2.44 bits per heavy atom. The summed E-state index contributed by atoms with van der Waals surface area (Å²) in [5.41, 5.74) is 0.825. The molecule has 1 aliphatic carbocycles. The summed E-state index contributed by atoms with van der Waals surface area (Å²) in [5, 5.41) is 6.13. The molecule has 0 spiro atoms. The number of halogens is 1. The van der Waals surface area contributed by atoms with Gasteiger partial charge in [-0.15, -0.1) is 0 Å². The summed E-state index contributed by atoms with van der Waals surface area (Å²) in [6.45, 7) is 7.42. The maximum absolute atomic E-state index is 12.3. The fourth-order valence-corrected chi connectivity index (χ4v) is 3.14. The van der Waals surface area contributed by atoms with Gasteiger partial charge >= 0.3 is 6.09 Å². The molecular formula is C19H27ClN2O3. The van der Waals surface area contributed by atoms with Gasteiger partial charge in [0.15, 0.2) is 0 Å². The molecule has 1 fully saturated rings. The number of rotatable bonds is 4. The zero-order chi connectivity index (χ0) is 18.6. The first-order valence-corrected chi connectivity index (χ1v) is 9.12. The van der Waals surface area contributed by atoms with E-state index in [0.29, 0.717) is 10.6 Å². The summed E-state index contributed by atoms with van der Waals surface area (Å²) in [4.78, 5) is 24.2. The first-order valence-electron chi connectivity index (χ1n) is 8.75. The first kappa shape index (κ1) is 19.6. The van der Waals surface area contributed by atoms with Crippen LogP contribution in [-0.2, 0) is 4.74 Å². The van der Waals surface area contributed by atoms with Gasteiger partial charge in [0.1, 0.15) is 6.10 Å². The second-order valence-corrected chi connectivity index (χ2v) is 8.02. The normalized spacial score (nSPS) is 16.4. The highest BCUT2D eigenvalue weighted by Crippen LogP contribution is 2.25. The van der Waals surface area contributed by atoms with Crippen molar-refractivity contribution in [3.8, 4) is 0 Å². The van der Waals surface area contributed by atoms with Crippen molar-refractivity contribution in [2.45, 2.75) is 71.1 Å². The van der Waals surface area contributed by atoms with Gasteiger partial charge in [-0.05, 0) is 58.2 Å². The van der Waals surface area contributed by atoms with Gasteiger partial charge in [0.25, 0.3) is 5.91 Å². The van der Waals surface area contributed by atoms with Gasteiger partial charge in [-0.1, -0.05) is 30.5 Å². The van der Waals surface area contributed by atoms with E-state index in [4.69, 9.17) is 16.3 Å². The van der Waals surface area contributed by atoms with Gasteiger partial charge in [0, 0.05) is 11.6 Å². The minimum atomic E-state index is -0.487. The summed E-state index contributed by atoms with van der Waals surface area (Å²) in [6, 6.07) is 5.38. The first-order chi connectivity index (χ1) is 11.7. The molecule has 1 aromatic rings. The van der Waals surface area contributed by atoms with E-state index in [-0.39, 0.29) is 17.5 Å². The standard InChI is InChI=1S/C19H27ClN2O3/c1-12(25-18(24)22-19(2,3)4)13-9-10-15(16(20)11-13)17(23)21-14-7-5-6-8-14/h9-12,14H,5-8H2,1-4H3,(H,21,23)(H,22,24). The van der Waals surface area contributed by atoms with Gasteiger partial charge in [0.05, 0.1) is 10.6 Å². The number of carbonyl (C=O) groups is 2. The SMILES string of the molecule is CC(OC(=O)NC(C)(C)C)c1ccc(C(=O)NC2CCCC2)c(Cl)c1. The molecule has 5 nitrogen and oxygen atoms in total. The molecule has 1 saturated carbocycles. The van der Waals surface area contributed by atoms with E-state index < -0.39 is 12.2 Å². The summed E-state index contributed by atoms with van der Waals surface area (Å²) in [6.07, 6.45) is 3.40. The molecule has 0 aromatic heterocycles. The molecule has 1 unspecified atom stereocenters. The van der Waals surface area contributed by atoms with Crippen molar-refractivity contribution >= 4 is 23.6 Å². The molecule has 1 atom stereocenters. The van der Waals surface area contributed by atoms with Crippen LogP contribution in [0.1, 0.15) is 75.4 Å². The van der Waals surface area contributed by atoms with E-state index in [9.17, 15) is 9.59 Å². The summed E-state index contributed by atoms with van der Waals surface area (Å²) in [7, 11) is 0. The molecule has 0 radical (unpaired) electrons. The quantitative estimate of drug-likeness (QED) is 0.818. The lowest BCUT2D eigenvalue weighted by molar-refractivity contribution is 0.0933. The predicted octanol–water partition coefficient (Wildman–Crippen LogP) is 4.60. The largest absolute Gasteiger partial charge is 0.442 e. The molecule has 1 aliphatic rings. The van der Waals surface area contributed by atoms with Gasteiger partial charge in [-0.25, -0.2) is 4.79 Å². The average Bonchev–Trinajstić information content (AvgIpc) is 2.97. The monoisotopic (exact) mass is 366 g/mol. The summed E-state index contributed by atoms with van der Waals surface area (Å²) >= 11 is 6.28. The van der Waals surface area contributed by atoms with E-state index in [1.807, 2.05) is 20.8 Å². The third kappa shape index (κ3) is 5.92. The maximum atomic E-state index is 12.3. The lowest BCUT2D eigenvalue weighted by atomic mass is 10.1. The van der Waals surface area contributed by atoms with Crippen molar-refractivity contribution in [2.75, 3.05) is 0 Å². The smallest absolute Gasteiger partial charge is 0.408 e. The third-order valence-corrected chi connectivity index (χ3v) is 4.47. The third-order valence-electron chi connectivity index (χ3n) is 4.16. The van der Waals surface area contributed by atoms with Crippen LogP contribution in [0.5, 0.6) is 0 Å². The molecule has 138 valence electrons. The van der Waals surface area contributed by atoms with Crippen LogP contribution in [0, 0.1) is 0 Å².